The van der Waals surface area contributed by atoms with Gasteiger partial charge in [-0.2, -0.15) is 0 Å². The molecule has 0 atom stereocenters. The lowest BCUT2D eigenvalue weighted by molar-refractivity contribution is -0.274. The molecule has 32 heavy (non-hydrogen) atoms. The number of fused-ring (bicyclic) bond motifs is 2. The number of benzene rings is 2. The van der Waals surface area contributed by atoms with Gasteiger partial charge in [-0.25, -0.2) is 4.98 Å². The van der Waals surface area contributed by atoms with Gasteiger partial charge in [-0.1, -0.05) is 30.6 Å². The van der Waals surface area contributed by atoms with E-state index in [-0.39, 0.29) is 5.75 Å². The van der Waals surface area contributed by atoms with E-state index in [0.29, 0.717) is 28.4 Å². The average molecular weight is 459 g/mol. The minimum Gasteiger partial charge on any atom is -0.457 e. The predicted molar refractivity (Wildman–Crippen MR) is 119 cm³/mol. The highest BCUT2D eigenvalue weighted by Gasteiger charge is 2.31. The van der Waals surface area contributed by atoms with Gasteiger partial charge in [-0.05, 0) is 43.2 Å². The lowest BCUT2D eigenvalue weighted by atomic mass is 9.96. The molecule has 1 aliphatic rings. The van der Waals surface area contributed by atoms with Gasteiger partial charge in [-0.15, -0.1) is 13.2 Å². The van der Waals surface area contributed by atoms with Gasteiger partial charge in [0, 0.05) is 29.8 Å². The molecule has 2 heterocycles. The first kappa shape index (κ1) is 20.8. The molecule has 1 aliphatic carbocycles. The Kier molecular flexibility index (Phi) is 5.50. The van der Waals surface area contributed by atoms with E-state index >= 15 is 0 Å². The van der Waals surface area contributed by atoms with Crippen molar-refractivity contribution in [1.82, 2.24) is 9.97 Å². The lowest BCUT2D eigenvalue weighted by Gasteiger charge is -2.22. The first-order chi connectivity index (χ1) is 15.4. The van der Waals surface area contributed by atoms with E-state index in [0.717, 1.165) is 15.3 Å². The first-order valence-electron chi connectivity index (χ1n) is 10.4. The van der Waals surface area contributed by atoms with E-state index in [1.54, 1.807) is 17.4 Å². The van der Waals surface area contributed by atoms with Crippen molar-refractivity contribution in [3.05, 3.63) is 48.7 Å². The van der Waals surface area contributed by atoms with Gasteiger partial charge in [-0.3, -0.25) is 4.98 Å². The third kappa shape index (κ3) is 4.72. The van der Waals surface area contributed by atoms with E-state index in [2.05, 4.69) is 20.0 Å². The van der Waals surface area contributed by atoms with Crippen LogP contribution < -0.4 is 14.8 Å². The van der Waals surface area contributed by atoms with Gasteiger partial charge >= 0.3 is 6.36 Å². The van der Waals surface area contributed by atoms with E-state index in [4.69, 9.17) is 4.74 Å². The Hall–Kier alpha value is -3.07. The summed E-state index contributed by atoms with van der Waals surface area (Å²) >= 11 is 1.59. The molecular weight excluding hydrogens is 439 g/mol. The molecule has 0 aliphatic heterocycles. The molecule has 0 radical (unpaired) electrons. The third-order valence-electron chi connectivity index (χ3n) is 5.43. The Morgan fingerprint density at radius 1 is 0.938 bits per heavy atom. The molecule has 4 aromatic rings. The number of thiazole rings is 1. The molecular formula is C23H20F3N3O2S. The van der Waals surface area contributed by atoms with Crippen LogP contribution in [0.4, 0.5) is 18.3 Å². The summed E-state index contributed by atoms with van der Waals surface area (Å²) < 4.78 is 48.5. The van der Waals surface area contributed by atoms with Crippen LogP contribution in [0.3, 0.4) is 0 Å². The molecule has 2 aromatic carbocycles. The highest BCUT2D eigenvalue weighted by Crippen LogP contribution is 2.35. The van der Waals surface area contributed by atoms with Crippen molar-refractivity contribution in [2.75, 3.05) is 5.32 Å². The Balaban J connectivity index is 1.37. The fourth-order valence-corrected chi connectivity index (χ4v) is 4.94. The molecule has 0 bridgehead atoms. The van der Waals surface area contributed by atoms with E-state index < -0.39 is 6.36 Å². The number of halogens is 3. The number of alkyl halides is 3. The normalized spacial score (nSPS) is 15.2. The van der Waals surface area contributed by atoms with Crippen LogP contribution in [0, 0.1) is 0 Å². The first-order valence-corrected chi connectivity index (χ1v) is 11.2. The number of pyridine rings is 1. The molecule has 0 unspecified atom stereocenters. The summed E-state index contributed by atoms with van der Waals surface area (Å²) in [6.45, 7) is 0. The quantitative estimate of drug-likeness (QED) is 0.340. The summed E-state index contributed by atoms with van der Waals surface area (Å²) in [7, 11) is 0. The summed E-state index contributed by atoms with van der Waals surface area (Å²) in [6, 6.07) is 11.8. The monoisotopic (exact) mass is 459 g/mol. The van der Waals surface area contributed by atoms with Crippen LogP contribution in [-0.2, 0) is 0 Å². The standard InChI is InChI=1S/C23H20F3N3O2S/c24-23(25,26)31-16-6-8-17-19(12-16)27-11-10-20(17)30-15-7-9-18-21(13-15)32-22(29-18)28-14-4-2-1-3-5-14/h6-14H,1-5H2,(H,28,29). The van der Waals surface area contributed by atoms with Crippen molar-refractivity contribution < 1.29 is 22.6 Å². The Bertz CT molecular complexity index is 1250. The topological polar surface area (TPSA) is 56.3 Å². The Morgan fingerprint density at radius 2 is 1.75 bits per heavy atom. The van der Waals surface area contributed by atoms with Crippen molar-refractivity contribution in [3.8, 4) is 17.2 Å². The number of aromatic nitrogens is 2. The maximum Gasteiger partial charge on any atom is 0.573 e. The van der Waals surface area contributed by atoms with E-state index in [1.807, 2.05) is 18.2 Å². The molecule has 1 saturated carbocycles. The number of hydrogen-bond donors (Lipinski definition) is 1. The van der Waals surface area contributed by atoms with Gasteiger partial charge in [0.2, 0.25) is 0 Å². The Morgan fingerprint density at radius 3 is 2.56 bits per heavy atom. The van der Waals surface area contributed by atoms with Gasteiger partial charge in [0.15, 0.2) is 5.13 Å². The van der Waals surface area contributed by atoms with Crippen LogP contribution in [0.2, 0.25) is 0 Å². The number of hydrogen-bond acceptors (Lipinski definition) is 6. The maximum atomic E-state index is 12.5. The summed E-state index contributed by atoms with van der Waals surface area (Å²) in [4.78, 5) is 8.82. The molecule has 2 aromatic heterocycles. The van der Waals surface area contributed by atoms with Crippen LogP contribution in [0.1, 0.15) is 32.1 Å². The lowest BCUT2D eigenvalue weighted by Crippen LogP contribution is -2.21. The second-order valence-electron chi connectivity index (χ2n) is 7.77. The molecule has 1 N–H and O–H groups in total. The van der Waals surface area contributed by atoms with Crippen molar-refractivity contribution in [2.24, 2.45) is 0 Å². The maximum absolute atomic E-state index is 12.5. The van der Waals surface area contributed by atoms with Gasteiger partial charge < -0.3 is 14.8 Å². The molecule has 9 heteroatoms. The highest BCUT2D eigenvalue weighted by molar-refractivity contribution is 7.22. The van der Waals surface area contributed by atoms with Crippen molar-refractivity contribution >= 4 is 37.6 Å². The molecule has 5 rings (SSSR count). The summed E-state index contributed by atoms with van der Waals surface area (Å²) in [6.07, 6.45) is 2.90. The number of anilines is 1. The molecule has 0 spiro atoms. The van der Waals surface area contributed by atoms with Gasteiger partial charge in [0.25, 0.3) is 0 Å². The summed E-state index contributed by atoms with van der Waals surface area (Å²) in [5.74, 6) is 0.796. The zero-order chi connectivity index (χ0) is 22.1. The molecule has 0 saturated heterocycles. The van der Waals surface area contributed by atoms with Crippen molar-refractivity contribution in [1.29, 1.82) is 0 Å². The number of ether oxygens (including phenoxy) is 2. The van der Waals surface area contributed by atoms with E-state index in [1.165, 1.54) is 56.5 Å². The number of nitrogens with one attached hydrogen (secondary N) is 1. The van der Waals surface area contributed by atoms with Crippen molar-refractivity contribution in [3.63, 3.8) is 0 Å². The minimum atomic E-state index is -4.75. The summed E-state index contributed by atoms with van der Waals surface area (Å²) in [5, 5.41) is 5.05. The Labute approximate surface area is 186 Å². The second-order valence-corrected chi connectivity index (χ2v) is 8.80. The highest BCUT2D eigenvalue weighted by atomic mass is 32.1. The van der Waals surface area contributed by atoms with Crippen LogP contribution in [0.5, 0.6) is 17.2 Å². The largest absolute Gasteiger partial charge is 0.573 e. The second kappa shape index (κ2) is 8.46. The smallest absolute Gasteiger partial charge is 0.457 e. The van der Waals surface area contributed by atoms with Crippen LogP contribution in [0.15, 0.2) is 48.7 Å². The fourth-order valence-electron chi connectivity index (χ4n) is 3.97. The minimum absolute atomic E-state index is 0.321. The molecule has 5 nitrogen and oxygen atoms in total. The van der Waals surface area contributed by atoms with Crippen LogP contribution >= 0.6 is 11.3 Å². The van der Waals surface area contributed by atoms with E-state index in [9.17, 15) is 13.2 Å². The van der Waals surface area contributed by atoms with Crippen LogP contribution in [-0.4, -0.2) is 22.4 Å². The fraction of sp³-hybridized carbons (Fsp3) is 0.304. The molecule has 1 fully saturated rings. The number of rotatable bonds is 5. The van der Waals surface area contributed by atoms with Gasteiger partial charge in [0.05, 0.1) is 15.7 Å². The van der Waals surface area contributed by atoms with Crippen molar-refractivity contribution in [2.45, 2.75) is 44.5 Å². The number of nitrogens with zero attached hydrogens (tertiary/aromatic N) is 2. The van der Waals surface area contributed by atoms with Crippen LogP contribution in [0.25, 0.3) is 21.1 Å². The molecule has 166 valence electrons. The molecule has 0 amide bonds. The SMILES string of the molecule is FC(F)(F)Oc1ccc2c(Oc3ccc4nc(NC5CCCCC5)sc4c3)ccnc2c1. The zero-order valence-corrected chi connectivity index (χ0v) is 17.8. The average Bonchev–Trinajstić information content (AvgIpc) is 3.15. The predicted octanol–water partition coefficient (Wildman–Crippen LogP) is 7.28. The van der Waals surface area contributed by atoms with Gasteiger partial charge in [0.1, 0.15) is 17.2 Å². The third-order valence-corrected chi connectivity index (χ3v) is 6.38. The summed E-state index contributed by atoms with van der Waals surface area (Å²) in [5.41, 5.74) is 1.25. The zero-order valence-electron chi connectivity index (χ0n) is 17.0.